The second kappa shape index (κ2) is 4.60. The summed E-state index contributed by atoms with van der Waals surface area (Å²) in [5, 5.41) is 0.172. The van der Waals surface area contributed by atoms with Crippen LogP contribution in [0.5, 0.6) is 0 Å². The summed E-state index contributed by atoms with van der Waals surface area (Å²) in [5.41, 5.74) is 6.84. The second-order valence-corrected chi connectivity index (χ2v) is 4.88. The Kier molecular flexibility index (Phi) is 3.36. The van der Waals surface area contributed by atoms with Crippen molar-refractivity contribution >= 4 is 17.3 Å². The fraction of sp³-hybridized carbons (Fsp3) is 0.500. The number of nitrogens with two attached hydrogens (primary N) is 1. The number of rotatable bonds is 1. The summed E-state index contributed by atoms with van der Waals surface area (Å²) in [5.74, 6) is 0.0779. The average Bonchev–Trinajstić information content (AvgIpc) is 2.26. The molecule has 88 valence electrons. The third-order valence-electron chi connectivity index (χ3n) is 3.24. The van der Waals surface area contributed by atoms with Crippen molar-refractivity contribution in [3.63, 3.8) is 0 Å². The minimum atomic E-state index is -0.360. The van der Waals surface area contributed by atoms with Crippen molar-refractivity contribution in [2.75, 3.05) is 18.0 Å². The number of hydrogen-bond donors (Lipinski definition) is 1. The normalized spacial score (nSPS) is 25.9. The van der Waals surface area contributed by atoms with E-state index in [0.29, 0.717) is 5.92 Å². The Bertz CT molecular complexity index is 383. The van der Waals surface area contributed by atoms with Crippen LogP contribution in [-0.4, -0.2) is 19.1 Å². The summed E-state index contributed by atoms with van der Waals surface area (Å²) in [6.45, 7) is 3.89. The first-order valence-corrected chi connectivity index (χ1v) is 5.91. The van der Waals surface area contributed by atoms with Crippen molar-refractivity contribution in [3.05, 3.63) is 29.0 Å². The molecule has 1 aromatic carbocycles. The van der Waals surface area contributed by atoms with Gasteiger partial charge in [0.05, 0.1) is 5.02 Å². The Hall–Kier alpha value is -0.800. The van der Waals surface area contributed by atoms with Gasteiger partial charge in [0, 0.05) is 24.8 Å². The third-order valence-corrected chi connectivity index (χ3v) is 3.55. The summed E-state index contributed by atoms with van der Waals surface area (Å²) in [7, 11) is 0. The van der Waals surface area contributed by atoms with Crippen LogP contribution < -0.4 is 10.6 Å². The highest BCUT2D eigenvalue weighted by Gasteiger charge is 2.23. The van der Waals surface area contributed by atoms with E-state index in [1.165, 1.54) is 6.07 Å². The molecule has 0 aliphatic carbocycles. The largest absolute Gasteiger partial charge is 0.371 e. The summed E-state index contributed by atoms with van der Waals surface area (Å²) in [6.07, 6.45) is 0.950. The van der Waals surface area contributed by atoms with E-state index in [4.69, 9.17) is 17.3 Å². The highest BCUT2D eigenvalue weighted by molar-refractivity contribution is 6.30. The molecular weight excluding hydrogens is 227 g/mol. The van der Waals surface area contributed by atoms with E-state index in [0.717, 1.165) is 25.2 Å². The van der Waals surface area contributed by atoms with Crippen LogP contribution in [0.1, 0.15) is 13.3 Å². The van der Waals surface area contributed by atoms with Crippen molar-refractivity contribution in [2.24, 2.45) is 11.7 Å². The van der Waals surface area contributed by atoms with Crippen molar-refractivity contribution in [1.29, 1.82) is 0 Å². The number of nitrogens with zero attached hydrogens (tertiary/aromatic N) is 1. The molecule has 0 radical (unpaired) electrons. The van der Waals surface area contributed by atoms with E-state index in [2.05, 4.69) is 11.8 Å². The lowest BCUT2D eigenvalue weighted by atomic mass is 9.94. The maximum absolute atomic E-state index is 13.3. The number of anilines is 1. The molecule has 1 aliphatic heterocycles. The Morgan fingerprint density at radius 3 is 2.88 bits per heavy atom. The minimum absolute atomic E-state index is 0.172. The van der Waals surface area contributed by atoms with Gasteiger partial charge in [-0.25, -0.2) is 4.39 Å². The van der Waals surface area contributed by atoms with Gasteiger partial charge in [0.2, 0.25) is 0 Å². The molecule has 1 fully saturated rings. The Balaban J connectivity index is 2.15. The summed E-state index contributed by atoms with van der Waals surface area (Å²) in [6, 6.07) is 5.21. The zero-order chi connectivity index (χ0) is 11.7. The van der Waals surface area contributed by atoms with Crippen molar-refractivity contribution in [1.82, 2.24) is 0 Å². The molecule has 4 heteroatoms. The van der Waals surface area contributed by atoms with Crippen LogP contribution in [0.3, 0.4) is 0 Å². The van der Waals surface area contributed by atoms with Gasteiger partial charge in [-0.05, 0) is 30.5 Å². The van der Waals surface area contributed by atoms with Gasteiger partial charge in [-0.3, -0.25) is 0 Å². The quantitative estimate of drug-likeness (QED) is 0.821. The van der Waals surface area contributed by atoms with Crippen LogP contribution in [-0.2, 0) is 0 Å². The van der Waals surface area contributed by atoms with E-state index in [1.54, 1.807) is 6.07 Å². The lowest BCUT2D eigenvalue weighted by Gasteiger charge is -2.36. The predicted octanol–water partition coefficient (Wildman–Crippen LogP) is 2.65. The first-order chi connectivity index (χ1) is 7.58. The van der Waals surface area contributed by atoms with Gasteiger partial charge in [0.15, 0.2) is 0 Å². The van der Waals surface area contributed by atoms with Gasteiger partial charge in [-0.2, -0.15) is 0 Å². The first kappa shape index (κ1) is 11.7. The van der Waals surface area contributed by atoms with Gasteiger partial charge >= 0.3 is 0 Å². The Morgan fingerprint density at radius 1 is 1.50 bits per heavy atom. The van der Waals surface area contributed by atoms with E-state index in [-0.39, 0.29) is 16.9 Å². The second-order valence-electron chi connectivity index (χ2n) is 4.47. The molecule has 0 saturated carbocycles. The molecule has 1 aliphatic rings. The monoisotopic (exact) mass is 242 g/mol. The molecule has 1 heterocycles. The number of halogens is 2. The average molecular weight is 243 g/mol. The molecule has 2 atom stereocenters. The highest BCUT2D eigenvalue weighted by atomic mass is 35.5. The molecular formula is C12H16ClFN2. The number of piperidine rings is 1. The topological polar surface area (TPSA) is 29.3 Å². The maximum atomic E-state index is 13.3. The van der Waals surface area contributed by atoms with Gasteiger partial charge < -0.3 is 10.6 Å². The SMILES string of the molecule is CC1CN(c2ccc(Cl)c(F)c2)CCC1N. The summed E-state index contributed by atoms with van der Waals surface area (Å²) < 4.78 is 13.3. The molecule has 2 unspecified atom stereocenters. The zero-order valence-corrected chi connectivity index (χ0v) is 10.0. The van der Waals surface area contributed by atoms with Gasteiger partial charge in [-0.1, -0.05) is 18.5 Å². The standard InChI is InChI=1S/C12H16ClFN2/c1-8-7-16(5-4-12(8)15)9-2-3-10(13)11(14)6-9/h2-3,6,8,12H,4-5,7,15H2,1H3. The number of hydrogen-bond acceptors (Lipinski definition) is 2. The predicted molar refractivity (Wildman–Crippen MR) is 65.4 cm³/mol. The highest BCUT2D eigenvalue weighted by Crippen LogP contribution is 2.25. The van der Waals surface area contributed by atoms with E-state index >= 15 is 0 Å². The zero-order valence-electron chi connectivity index (χ0n) is 9.29. The van der Waals surface area contributed by atoms with Crippen LogP contribution in [0.4, 0.5) is 10.1 Å². The third kappa shape index (κ3) is 2.30. The van der Waals surface area contributed by atoms with Gasteiger partial charge in [0.25, 0.3) is 0 Å². The van der Waals surface area contributed by atoms with E-state index < -0.39 is 0 Å². The Morgan fingerprint density at radius 2 is 2.25 bits per heavy atom. The van der Waals surface area contributed by atoms with Crippen LogP contribution in [0, 0.1) is 11.7 Å². The lowest BCUT2D eigenvalue weighted by molar-refractivity contribution is 0.382. The van der Waals surface area contributed by atoms with Crippen LogP contribution in [0.2, 0.25) is 5.02 Å². The summed E-state index contributed by atoms with van der Waals surface area (Å²) in [4.78, 5) is 2.16. The molecule has 2 rings (SSSR count). The molecule has 16 heavy (non-hydrogen) atoms. The van der Waals surface area contributed by atoms with Crippen molar-refractivity contribution in [2.45, 2.75) is 19.4 Å². The fourth-order valence-electron chi connectivity index (χ4n) is 2.08. The van der Waals surface area contributed by atoms with Crippen LogP contribution >= 0.6 is 11.6 Å². The summed E-state index contributed by atoms with van der Waals surface area (Å²) >= 11 is 5.66. The van der Waals surface area contributed by atoms with Crippen LogP contribution in [0.15, 0.2) is 18.2 Å². The molecule has 0 bridgehead atoms. The van der Waals surface area contributed by atoms with Crippen LogP contribution in [0.25, 0.3) is 0 Å². The fourth-order valence-corrected chi connectivity index (χ4v) is 2.20. The van der Waals surface area contributed by atoms with E-state index in [9.17, 15) is 4.39 Å². The molecule has 0 spiro atoms. The van der Waals surface area contributed by atoms with Crippen molar-refractivity contribution < 1.29 is 4.39 Å². The molecule has 1 saturated heterocycles. The Labute approximate surface area is 100 Å². The maximum Gasteiger partial charge on any atom is 0.143 e. The minimum Gasteiger partial charge on any atom is -0.371 e. The van der Waals surface area contributed by atoms with E-state index in [1.807, 2.05) is 6.07 Å². The smallest absolute Gasteiger partial charge is 0.143 e. The number of benzene rings is 1. The molecule has 1 aromatic rings. The molecule has 2 nitrogen and oxygen atoms in total. The molecule has 0 amide bonds. The molecule has 0 aromatic heterocycles. The van der Waals surface area contributed by atoms with Crippen molar-refractivity contribution in [3.8, 4) is 0 Å². The van der Waals surface area contributed by atoms with Gasteiger partial charge in [0.1, 0.15) is 5.82 Å². The lowest BCUT2D eigenvalue weighted by Crippen LogP contribution is -2.46. The van der Waals surface area contributed by atoms with Gasteiger partial charge in [-0.15, -0.1) is 0 Å². The molecule has 2 N–H and O–H groups in total. The first-order valence-electron chi connectivity index (χ1n) is 5.53.